The molecule has 0 aromatic heterocycles. The number of hydrogen-bond acceptors (Lipinski definition) is 1. The molecule has 0 aliphatic heterocycles. The summed E-state index contributed by atoms with van der Waals surface area (Å²) < 4.78 is 0. The zero-order chi connectivity index (χ0) is 16.8. The lowest BCUT2D eigenvalue weighted by atomic mass is 10.0. The number of benzene rings is 2. The lowest BCUT2D eigenvalue weighted by Crippen LogP contribution is -3.08. The second kappa shape index (κ2) is 7.93. The van der Waals surface area contributed by atoms with E-state index in [0.717, 1.165) is 12.2 Å². The zero-order valence-corrected chi connectivity index (χ0v) is 14.5. The van der Waals surface area contributed by atoms with Crippen LogP contribution in [-0.4, -0.2) is 19.5 Å². The van der Waals surface area contributed by atoms with Crippen molar-refractivity contribution in [2.45, 2.75) is 33.2 Å². The number of nitrogens with one attached hydrogen (secondary N) is 2. The van der Waals surface area contributed by atoms with Gasteiger partial charge < -0.3 is 10.2 Å². The van der Waals surface area contributed by atoms with Crippen LogP contribution in [-0.2, 0) is 11.3 Å². The third-order valence-electron chi connectivity index (χ3n) is 4.07. The van der Waals surface area contributed by atoms with Crippen LogP contribution < -0.4 is 10.2 Å². The summed E-state index contributed by atoms with van der Waals surface area (Å²) in [4.78, 5) is 13.5. The molecule has 2 aromatic carbocycles. The first kappa shape index (κ1) is 17.2. The third-order valence-corrected chi connectivity index (χ3v) is 4.07. The smallest absolute Gasteiger partial charge is 0.279 e. The van der Waals surface area contributed by atoms with Gasteiger partial charge in [0.2, 0.25) is 0 Å². The molecule has 1 amide bonds. The van der Waals surface area contributed by atoms with Crippen molar-refractivity contribution in [1.29, 1.82) is 0 Å². The summed E-state index contributed by atoms with van der Waals surface area (Å²) in [5.41, 5.74) is 4.67. The van der Waals surface area contributed by atoms with E-state index in [0.29, 0.717) is 12.5 Å². The average molecular weight is 311 g/mol. The molecule has 122 valence electrons. The van der Waals surface area contributed by atoms with Crippen molar-refractivity contribution < 1.29 is 9.69 Å². The van der Waals surface area contributed by atoms with E-state index in [1.807, 2.05) is 24.3 Å². The molecule has 1 atom stereocenters. The summed E-state index contributed by atoms with van der Waals surface area (Å²) in [6.07, 6.45) is 0. The Hall–Kier alpha value is -2.13. The van der Waals surface area contributed by atoms with Crippen LogP contribution in [0.3, 0.4) is 0 Å². The number of para-hydroxylation sites is 1. The third kappa shape index (κ3) is 4.93. The van der Waals surface area contributed by atoms with Gasteiger partial charge in [0.15, 0.2) is 6.54 Å². The summed E-state index contributed by atoms with van der Waals surface area (Å²) in [6.45, 7) is 7.70. The number of carbonyl (C=O) groups is 1. The molecular formula is C20H27N2O+. The molecule has 23 heavy (non-hydrogen) atoms. The highest BCUT2D eigenvalue weighted by molar-refractivity contribution is 5.92. The zero-order valence-electron chi connectivity index (χ0n) is 14.5. The Balaban J connectivity index is 1.96. The van der Waals surface area contributed by atoms with Gasteiger partial charge in [-0.3, -0.25) is 4.79 Å². The van der Waals surface area contributed by atoms with Gasteiger partial charge in [0.1, 0.15) is 6.54 Å². The van der Waals surface area contributed by atoms with Crippen molar-refractivity contribution in [2.75, 3.05) is 18.9 Å². The summed E-state index contributed by atoms with van der Waals surface area (Å²) in [5.74, 6) is 0.452. The number of hydrogen-bond donors (Lipinski definition) is 2. The van der Waals surface area contributed by atoms with Gasteiger partial charge in [-0.2, -0.15) is 0 Å². The van der Waals surface area contributed by atoms with Crippen molar-refractivity contribution in [3.05, 3.63) is 65.2 Å². The standard InChI is InChI=1S/C20H26N2O/c1-15(2)18-11-7-8-12-19(18)21-20(23)14-22(4)13-17-10-6-5-9-16(17)3/h5-12,15H,13-14H2,1-4H3,(H,21,23)/p+1. The molecule has 0 saturated heterocycles. The number of quaternary nitrogens is 1. The van der Waals surface area contributed by atoms with E-state index in [4.69, 9.17) is 0 Å². The minimum atomic E-state index is 0.0594. The molecule has 1 unspecified atom stereocenters. The minimum Gasteiger partial charge on any atom is -0.326 e. The van der Waals surface area contributed by atoms with Gasteiger partial charge in [-0.1, -0.05) is 56.3 Å². The summed E-state index contributed by atoms with van der Waals surface area (Å²) in [5, 5.41) is 3.06. The molecule has 0 aliphatic carbocycles. The van der Waals surface area contributed by atoms with Crippen molar-refractivity contribution in [2.24, 2.45) is 0 Å². The van der Waals surface area contributed by atoms with Gasteiger partial charge in [-0.25, -0.2) is 0 Å². The lowest BCUT2D eigenvalue weighted by molar-refractivity contribution is -0.885. The first-order chi connectivity index (χ1) is 11.0. The number of anilines is 1. The average Bonchev–Trinajstić information content (AvgIpc) is 2.49. The Morgan fingerprint density at radius 1 is 1.09 bits per heavy atom. The fourth-order valence-corrected chi connectivity index (χ4v) is 2.78. The van der Waals surface area contributed by atoms with E-state index in [9.17, 15) is 4.79 Å². The highest BCUT2D eigenvalue weighted by Crippen LogP contribution is 2.23. The molecule has 0 heterocycles. The Morgan fingerprint density at radius 3 is 2.43 bits per heavy atom. The Kier molecular flexibility index (Phi) is 5.94. The van der Waals surface area contributed by atoms with Gasteiger partial charge in [0, 0.05) is 11.3 Å². The van der Waals surface area contributed by atoms with Crippen LogP contribution in [0.4, 0.5) is 5.69 Å². The SMILES string of the molecule is Cc1ccccc1C[NH+](C)CC(=O)Nc1ccccc1C(C)C. The molecule has 2 N–H and O–H groups in total. The minimum absolute atomic E-state index is 0.0594. The summed E-state index contributed by atoms with van der Waals surface area (Å²) >= 11 is 0. The van der Waals surface area contributed by atoms with Crippen LogP contribution in [0.25, 0.3) is 0 Å². The fraction of sp³-hybridized carbons (Fsp3) is 0.350. The molecule has 0 saturated carbocycles. The topological polar surface area (TPSA) is 33.5 Å². The van der Waals surface area contributed by atoms with Crippen molar-refractivity contribution in [1.82, 2.24) is 0 Å². The maximum Gasteiger partial charge on any atom is 0.279 e. The molecule has 0 radical (unpaired) electrons. The van der Waals surface area contributed by atoms with Crippen LogP contribution in [0.15, 0.2) is 48.5 Å². The largest absolute Gasteiger partial charge is 0.326 e. The van der Waals surface area contributed by atoms with Gasteiger partial charge in [-0.15, -0.1) is 0 Å². The molecule has 0 spiro atoms. The van der Waals surface area contributed by atoms with Gasteiger partial charge in [0.05, 0.1) is 7.05 Å². The summed E-state index contributed by atoms with van der Waals surface area (Å²) in [6, 6.07) is 16.4. The van der Waals surface area contributed by atoms with Gasteiger partial charge in [0.25, 0.3) is 5.91 Å². The van der Waals surface area contributed by atoms with E-state index in [2.05, 4.69) is 57.4 Å². The van der Waals surface area contributed by atoms with E-state index in [1.54, 1.807) is 0 Å². The molecule has 3 nitrogen and oxygen atoms in total. The Bertz CT molecular complexity index is 664. The Morgan fingerprint density at radius 2 is 1.74 bits per heavy atom. The molecule has 0 fully saturated rings. The molecule has 3 heteroatoms. The molecular weight excluding hydrogens is 284 g/mol. The predicted molar refractivity (Wildman–Crippen MR) is 95.8 cm³/mol. The van der Waals surface area contributed by atoms with E-state index in [-0.39, 0.29) is 5.91 Å². The van der Waals surface area contributed by atoms with Crippen LogP contribution >= 0.6 is 0 Å². The quantitative estimate of drug-likeness (QED) is 0.845. The van der Waals surface area contributed by atoms with Crippen LogP contribution in [0.5, 0.6) is 0 Å². The first-order valence-corrected chi connectivity index (χ1v) is 8.22. The lowest BCUT2D eigenvalue weighted by Gasteiger charge is -2.17. The number of amides is 1. The number of likely N-dealkylation sites (N-methyl/N-ethyl adjacent to an activating group) is 1. The van der Waals surface area contributed by atoms with Gasteiger partial charge >= 0.3 is 0 Å². The van der Waals surface area contributed by atoms with E-state index in [1.165, 1.54) is 21.6 Å². The van der Waals surface area contributed by atoms with Crippen molar-refractivity contribution in [3.63, 3.8) is 0 Å². The van der Waals surface area contributed by atoms with Crippen molar-refractivity contribution >= 4 is 11.6 Å². The van der Waals surface area contributed by atoms with Crippen LogP contribution in [0, 0.1) is 6.92 Å². The second-order valence-electron chi connectivity index (χ2n) is 6.53. The fourth-order valence-electron chi connectivity index (χ4n) is 2.78. The number of aryl methyl sites for hydroxylation is 1. The number of rotatable bonds is 6. The number of carbonyl (C=O) groups excluding carboxylic acids is 1. The monoisotopic (exact) mass is 311 g/mol. The maximum absolute atomic E-state index is 12.3. The molecule has 0 bridgehead atoms. The van der Waals surface area contributed by atoms with Crippen LogP contribution in [0.1, 0.15) is 36.5 Å². The highest BCUT2D eigenvalue weighted by atomic mass is 16.2. The van der Waals surface area contributed by atoms with Gasteiger partial charge in [-0.05, 0) is 30.0 Å². The second-order valence-corrected chi connectivity index (χ2v) is 6.53. The Labute approximate surface area is 139 Å². The van der Waals surface area contributed by atoms with Crippen LogP contribution in [0.2, 0.25) is 0 Å². The molecule has 2 aromatic rings. The normalized spacial score (nSPS) is 12.2. The van der Waals surface area contributed by atoms with E-state index < -0.39 is 0 Å². The van der Waals surface area contributed by atoms with Crippen molar-refractivity contribution in [3.8, 4) is 0 Å². The maximum atomic E-state index is 12.3. The highest BCUT2D eigenvalue weighted by Gasteiger charge is 2.14. The van der Waals surface area contributed by atoms with E-state index >= 15 is 0 Å². The molecule has 0 aliphatic rings. The predicted octanol–water partition coefficient (Wildman–Crippen LogP) is 2.77. The summed E-state index contributed by atoms with van der Waals surface area (Å²) in [7, 11) is 2.06. The molecule has 2 rings (SSSR count). The first-order valence-electron chi connectivity index (χ1n) is 8.22.